The third kappa shape index (κ3) is 4.24. The van der Waals surface area contributed by atoms with Gasteiger partial charge in [0, 0.05) is 11.1 Å². The Morgan fingerprint density at radius 2 is 2.16 bits per heavy atom. The van der Waals surface area contributed by atoms with E-state index in [1.807, 2.05) is 24.4 Å². The summed E-state index contributed by atoms with van der Waals surface area (Å²) in [5.74, 6) is -0.142. The molecule has 0 aliphatic carbocycles. The monoisotopic (exact) mass is 420 g/mol. The standard InChI is InChI=1S/C18H14BrFN2O2S/c1-11(16-5-3-9-25-16)22-17(23)13-4-2-8-21-18(13)24-15-7-6-12(20)10-14(15)19/h2-11H,1H3,(H,22,23)/t11-/m0/s1. The van der Waals surface area contributed by atoms with Crippen molar-refractivity contribution in [2.24, 2.45) is 0 Å². The van der Waals surface area contributed by atoms with Crippen LogP contribution in [0.15, 0.2) is 58.5 Å². The van der Waals surface area contributed by atoms with E-state index >= 15 is 0 Å². The molecule has 2 aromatic heterocycles. The van der Waals surface area contributed by atoms with Crippen LogP contribution in [0.1, 0.15) is 28.2 Å². The summed E-state index contributed by atoms with van der Waals surface area (Å²) < 4.78 is 19.4. The quantitative estimate of drug-likeness (QED) is 0.606. The Morgan fingerprint density at radius 1 is 1.32 bits per heavy atom. The van der Waals surface area contributed by atoms with Gasteiger partial charge in [0.1, 0.15) is 17.1 Å². The Morgan fingerprint density at radius 3 is 2.88 bits per heavy atom. The Balaban J connectivity index is 1.81. The van der Waals surface area contributed by atoms with Crippen molar-refractivity contribution in [2.75, 3.05) is 0 Å². The second-order valence-electron chi connectivity index (χ2n) is 5.24. The zero-order chi connectivity index (χ0) is 17.8. The molecule has 2 heterocycles. The average Bonchev–Trinajstić information content (AvgIpc) is 3.12. The number of nitrogens with one attached hydrogen (secondary N) is 1. The fraction of sp³-hybridized carbons (Fsp3) is 0.111. The number of pyridine rings is 1. The number of amides is 1. The summed E-state index contributed by atoms with van der Waals surface area (Å²) in [4.78, 5) is 17.8. The van der Waals surface area contributed by atoms with Gasteiger partial charge in [0.15, 0.2) is 0 Å². The second kappa shape index (κ2) is 7.76. The maximum atomic E-state index is 13.2. The number of carbonyl (C=O) groups excluding carboxylic acids is 1. The summed E-state index contributed by atoms with van der Waals surface area (Å²) in [6.07, 6.45) is 1.53. The topological polar surface area (TPSA) is 51.2 Å². The third-order valence-corrected chi connectivity index (χ3v) is 5.11. The SMILES string of the molecule is C[C@H](NC(=O)c1cccnc1Oc1ccc(F)cc1Br)c1cccs1. The van der Waals surface area contributed by atoms with E-state index in [0.717, 1.165) is 4.88 Å². The normalized spacial score (nSPS) is 11.8. The van der Waals surface area contributed by atoms with Gasteiger partial charge in [-0.15, -0.1) is 11.3 Å². The molecule has 0 bridgehead atoms. The van der Waals surface area contributed by atoms with Gasteiger partial charge in [-0.3, -0.25) is 4.79 Å². The minimum absolute atomic E-state index is 0.127. The van der Waals surface area contributed by atoms with Crippen LogP contribution in [0.5, 0.6) is 11.6 Å². The molecule has 0 saturated carbocycles. The molecule has 4 nitrogen and oxygen atoms in total. The van der Waals surface area contributed by atoms with Gasteiger partial charge < -0.3 is 10.1 Å². The second-order valence-corrected chi connectivity index (χ2v) is 7.08. The van der Waals surface area contributed by atoms with Gasteiger partial charge in [0.2, 0.25) is 5.88 Å². The van der Waals surface area contributed by atoms with Crippen LogP contribution in [0.25, 0.3) is 0 Å². The summed E-state index contributed by atoms with van der Waals surface area (Å²) in [5, 5.41) is 4.89. The van der Waals surface area contributed by atoms with Crippen molar-refractivity contribution in [3.8, 4) is 11.6 Å². The number of halogens is 2. The van der Waals surface area contributed by atoms with E-state index in [-0.39, 0.29) is 23.6 Å². The first-order chi connectivity index (χ1) is 12.0. The molecule has 0 aliphatic rings. The number of hydrogen-bond donors (Lipinski definition) is 1. The highest BCUT2D eigenvalue weighted by molar-refractivity contribution is 9.10. The zero-order valence-electron chi connectivity index (χ0n) is 13.2. The fourth-order valence-corrected chi connectivity index (χ4v) is 3.36. The van der Waals surface area contributed by atoms with Gasteiger partial charge in [0.05, 0.1) is 10.5 Å². The molecule has 128 valence electrons. The maximum absolute atomic E-state index is 13.2. The number of nitrogens with zero attached hydrogens (tertiary/aromatic N) is 1. The fourth-order valence-electron chi connectivity index (χ4n) is 2.19. The number of carbonyl (C=O) groups is 1. The summed E-state index contributed by atoms with van der Waals surface area (Å²) >= 11 is 4.82. The van der Waals surface area contributed by atoms with Crippen LogP contribution in [0.2, 0.25) is 0 Å². The van der Waals surface area contributed by atoms with Crippen LogP contribution in [0, 0.1) is 5.82 Å². The van der Waals surface area contributed by atoms with E-state index in [0.29, 0.717) is 15.8 Å². The number of hydrogen-bond acceptors (Lipinski definition) is 4. The van der Waals surface area contributed by atoms with Crippen LogP contribution < -0.4 is 10.1 Å². The van der Waals surface area contributed by atoms with Gasteiger partial charge >= 0.3 is 0 Å². The lowest BCUT2D eigenvalue weighted by atomic mass is 10.2. The molecule has 0 unspecified atom stereocenters. The smallest absolute Gasteiger partial charge is 0.257 e. The predicted octanol–water partition coefficient (Wildman–Crippen LogP) is 5.33. The van der Waals surface area contributed by atoms with Crippen molar-refractivity contribution in [1.29, 1.82) is 0 Å². The van der Waals surface area contributed by atoms with E-state index in [4.69, 9.17) is 4.74 Å². The van der Waals surface area contributed by atoms with E-state index < -0.39 is 0 Å². The largest absolute Gasteiger partial charge is 0.437 e. The van der Waals surface area contributed by atoms with E-state index in [1.54, 1.807) is 23.5 Å². The number of rotatable bonds is 5. The number of benzene rings is 1. The van der Waals surface area contributed by atoms with Crippen LogP contribution >= 0.6 is 27.3 Å². The first-order valence-electron chi connectivity index (χ1n) is 7.47. The van der Waals surface area contributed by atoms with Crippen molar-refractivity contribution in [3.05, 3.63) is 74.8 Å². The Bertz CT molecular complexity index is 887. The third-order valence-electron chi connectivity index (χ3n) is 3.43. The summed E-state index contributed by atoms with van der Waals surface area (Å²) in [5.41, 5.74) is 0.308. The van der Waals surface area contributed by atoms with Crippen molar-refractivity contribution in [3.63, 3.8) is 0 Å². The first-order valence-corrected chi connectivity index (χ1v) is 9.14. The van der Waals surface area contributed by atoms with Crippen molar-refractivity contribution in [2.45, 2.75) is 13.0 Å². The van der Waals surface area contributed by atoms with Gasteiger partial charge in [-0.05, 0) is 64.6 Å². The molecule has 1 atom stereocenters. The minimum Gasteiger partial charge on any atom is -0.437 e. The molecular formula is C18H14BrFN2O2S. The molecule has 25 heavy (non-hydrogen) atoms. The molecule has 1 aromatic carbocycles. The first kappa shape index (κ1) is 17.6. The Hall–Kier alpha value is -2.25. The lowest BCUT2D eigenvalue weighted by Gasteiger charge is -2.14. The van der Waals surface area contributed by atoms with E-state index in [1.165, 1.54) is 24.4 Å². The molecule has 1 amide bonds. The van der Waals surface area contributed by atoms with Gasteiger partial charge in [-0.1, -0.05) is 6.07 Å². The summed E-state index contributed by atoms with van der Waals surface area (Å²) in [6.45, 7) is 1.91. The number of ether oxygens (including phenoxy) is 1. The zero-order valence-corrected chi connectivity index (χ0v) is 15.6. The van der Waals surface area contributed by atoms with Crippen molar-refractivity contribution < 1.29 is 13.9 Å². The molecule has 0 saturated heterocycles. The van der Waals surface area contributed by atoms with Crippen LogP contribution in [0.3, 0.4) is 0 Å². The molecule has 1 N–H and O–H groups in total. The molecule has 0 radical (unpaired) electrons. The minimum atomic E-state index is -0.386. The highest BCUT2D eigenvalue weighted by Gasteiger charge is 2.18. The molecular weight excluding hydrogens is 407 g/mol. The predicted molar refractivity (Wildman–Crippen MR) is 98.6 cm³/mol. The lowest BCUT2D eigenvalue weighted by Crippen LogP contribution is -2.26. The van der Waals surface area contributed by atoms with Crippen LogP contribution in [0.4, 0.5) is 4.39 Å². The van der Waals surface area contributed by atoms with Crippen molar-refractivity contribution in [1.82, 2.24) is 10.3 Å². The van der Waals surface area contributed by atoms with Crippen LogP contribution in [-0.2, 0) is 0 Å². The Labute approximate surface area is 156 Å². The van der Waals surface area contributed by atoms with Gasteiger partial charge in [-0.2, -0.15) is 0 Å². The van der Waals surface area contributed by atoms with Gasteiger partial charge in [-0.25, -0.2) is 9.37 Å². The summed E-state index contributed by atoms with van der Waals surface area (Å²) in [7, 11) is 0. The molecule has 0 aliphatic heterocycles. The molecule has 7 heteroatoms. The highest BCUT2D eigenvalue weighted by Crippen LogP contribution is 2.31. The number of aromatic nitrogens is 1. The summed E-state index contributed by atoms with van der Waals surface area (Å²) in [6, 6.07) is 11.1. The van der Waals surface area contributed by atoms with E-state index in [2.05, 4.69) is 26.2 Å². The number of thiophene rings is 1. The van der Waals surface area contributed by atoms with Crippen LogP contribution in [-0.4, -0.2) is 10.9 Å². The lowest BCUT2D eigenvalue weighted by molar-refractivity contribution is 0.0937. The molecule has 3 rings (SSSR count). The van der Waals surface area contributed by atoms with Crippen molar-refractivity contribution >= 4 is 33.2 Å². The maximum Gasteiger partial charge on any atom is 0.257 e. The highest BCUT2D eigenvalue weighted by atomic mass is 79.9. The van der Waals surface area contributed by atoms with Gasteiger partial charge in [0.25, 0.3) is 5.91 Å². The molecule has 3 aromatic rings. The Kier molecular flexibility index (Phi) is 5.45. The average molecular weight is 421 g/mol. The van der Waals surface area contributed by atoms with E-state index in [9.17, 15) is 9.18 Å². The molecule has 0 spiro atoms. The molecule has 0 fully saturated rings.